The quantitative estimate of drug-likeness (QED) is 0.806. The fraction of sp³-hybridized carbons (Fsp3) is 0.867. The maximum Gasteiger partial charge on any atom is 0.408 e. The van der Waals surface area contributed by atoms with Gasteiger partial charge in [-0.1, -0.05) is 0 Å². The highest BCUT2D eigenvalue weighted by molar-refractivity contribution is 7.99. The number of aliphatic hydroxyl groups is 1. The zero-order valence-corrected chi connectivity index (χ0v) is 14.3. The Hall–Kier alpha value is -0.950. The largest absolute Gasteiger partial charge is 0.444 e. The highest BCUT2D eigenvalue weighted by Gasteiger charge is 2.40. The SMILES string of the molecule is CC(C)(C)OC(=O)NC1CCS[C@H]2CCC[C@@H](CO)N2C1=O. The smallest absolute Gasteiger partial charge is 0.408 e. The zero-order valence-electron chi connectivity index (χ0n) is 13.5. The van der Waals surface area contributed by atoms with Crippen molar-refractivity contribution in [3.63, 3.8) is 0 Å². The standard InChI is InChI=1S/C15H26N2O4S/c1-15(2,3)21-14(20)16-11-7-8-22-12-6-4-5-10(9-18)17(12)13(11)19/h10-12,18H,4-9H2,1-3H3,(H,16,20)/t10-,11?,12-/m0/s1. The van der Waals surface area contributed by atoms with Gasteiger partial charge in [-0.3, -0.25) is 4.79 Å². The zero-order chi connectivity index (χ0) is 16.3. The molecule has 22 heavy (non-hydrogen) atoms. The first-order valence-electron chi connectivity index (χ1n) is 7.86. The molecule has 2 fully saturated rings. The Kier molecular flexibility index (Phi) is 5.60. The second-order valence-electron chi connectivity index (χ2n) is 6.83. The maximum absolute atomic E-state index is 12.8. The summed E-state index contributed by atoms with van der Waals surface area (Å²) in [7, 11) is 0. The van der Waals surface area contributed by atoms with Gasteiger partial charge < -0.3 is 20.1 Å². The highest BCUT2D eigenvalue weighted by Crippen LogP contribution is 2.34. The first kappa shape index (κ1) is 17.4. The normalized spacial score (nSPS) is 29.5. The van der Waals surface area contributed by atoms with E-state index in [-0.39, 0.29) is 23.9 Å². The van der Waals surface area contributed by atoms with Crippen molar-refractivity contribution >= 4 is 23.8 Å². The molecule has 3 atom stereocenters. The average molecular weight is 330 g/mol. The van der Waals surface area contributed by atoms with Crippen LogP contribution in [0.15, 0.2) is 0 Å². The van der Waals surface area contributed by atoms with E-state index < -0.39 is 17.7 Å². The third-order valence-electron chi connectivity index (χ3n) is 3.86. The van der Waals surface area contributed by atoms with E-state index in [9.17, 15) is 14.7 Å². The number of carbonyl (C=O) groups is 2. The molecule has 2 aliphatic heterocycles. The molecule has 2 heterocycles. The van der Waals surface area contributed by atoms with Gasteiger partial charge in [0.25, 0.3) is 0 Å². The van der Waals surface area contributed by atoms with Crippen LogP contribution in [0.25, 0.3) is 0 Å². The molecule has 126 valence electrons. The van der Waals surface area contributed by atoms with Gasteiger partial charge in [-0.15, -0.1) is 11.8 Å². The Labute approximate surface area is 136 Å². The Bertz CT molecular complexity index is 424. The van der Waals surface area contributed by atoms with Crippen molar-refractivity contribution in [2.24, 2.45) is 0 Å². The first-order chi connectivity index (χ1) is 10.3. The summed E-state index contributed by atoms with van der Waals surface area (Å²) in [5.74, 6) is 0.713. The van der Waals surface area contributed by atoms with Gasteiger partial charge in [0.2, 0.25) is 5.91 Å². The number of hydrogen-bond acceptors (Lipinski definition) is 5. The van der Waals surface area contributed by atoms with Crippen molar-refractivity contribution in [1.29, 1.82) is 0 Å². The highest BCUT2D eigenvalue weighted by atomic mass is 32.2. The van der Waals surface area contributed by atoms with E-state index in [1.54, 1.807) is 37.4 Å². The van der Waals surface area contributed by atoms with Gasteiger partial charge in [0.05, 0.1) is 18.0 Å². The minimum absolute atomic E-state index is 0.0258. The number of thioether (sulfide) groups is 1. The molecule has 7 heteroatoms. The number of ether oxygens (including phenoxy) is 1. The molecule has 0 aromatic carbocycles. The lowest BCUT2D eigenvalue weighted by atomic mass is 10.0. The molecule has 0 spiro atoms. The molecule has 0 aromatic rings. The fourth-order valence-electron chi connectivity index (χ4n) is 2.92. The fourth-order valence-corrected chi connectivity index (χ4v) is 4.33. The first-order valence-corrected chi connectivity index (χ1v) is 8.91. The lowest BCUT2D eigenvalue weighted by molar-refractivity contribution is -0.139. The van der Waals surface area contributed by atoms with Crippen LogP contribution in [0.3, 0.4) is 0 Å². The molecule has 0 bridgehead atoms. The van der Waals surface area contributed by atoms with Gasteiger partial charge in [0.1, 0.15) is 11.6 Å². The van der Waals surface area contributed by atoms with Crippen molar-refractivity contribution in [1.82, 2.24) is 10.2 Å². The number of aliphatic hydroxyl groups excluding tert-OH is 1. The van der Waals surface area contributed by atoms with Gasteiger partial charge in [-0.2, -0.15) is 0 Å². The molecule has 2 rings (SSSR count). The van der Waals surface area contributed by atoms with Crippen molar-refractivity contribution in [2.75, 3.05) is 12.4 Å². The predicted molar refractivity (Wildman–Crippen MR) is 85.6 cm³/mol. The predicted octanol–water partition coefficient (Wildman–Crippen LogP) is 1.72. The summed E-state index contributed by atoms with van der Waals surface area (Å²) in [6, 6.07) is -0.709. The molecule has 2 N–H and O–H groups in total. The number of amides is 2. The lowest BCUT2D eigenvalue weighted by Crippen LogP contribution is -2.56. The van der Waals surface area contributed by atoms with Gasteiger partial charge in [-0.05, 0) is 52.2 Å². The molecule has 0 radical (unpaired) electrons. The van der Waals surface area contributed by atoms with Crippen LogP contribution in [0.1, 0.15) is 46.5 Å². The van der Waals surface area contributed by atoms with Crippen LogP contribution in [-0.4, -0.2) is 57.4 Å². The summed E-state index contributed by atoms with van der Waals surface area (Å²) in [4.78, 5) is 26.5. The topological polar surface area (TPSA) is 78.9 Å². The molecule has 0 saturated carbocycles. The van der Waals surface area contributed by atoms with E-state index in [0.717, 1.165) is 25.0 Å². The minimum atomic E-state index is -0.589. The Morgan fingerprint density at radius 2 is 2.14 bits per heavy atom. The van der Waals surface area contributed by atoms with Crippen molar-refractivity contribution in [3.05, 3.63) is 0 Å². The molecule has 0 aliphatic carbocycles. The van der Waals surface area contributed by atoms with Crippen LogP contribution in [0.4, 0.5) is 4.79 Å². The number of piperidine rings is 1. The molecule has 2 aliphatic rings. The van der Waals surface area contributed by atoms with E-state index in [1.807, 2.05) is 0 Å². The molecule has 2 saturated heterocycles. The van der Waals surface area contributed by atoms with E-state index in [1.165, 1.54) is 0 Å². The lowest BCUT2D eigenvalue weighted by Gasteiger charge is -2.41. The molecular weight excluding hydrogens is 304 g/mol. The number of rotatable bonds is 2. The van der Waals surface area contributed by atoms with Gasteiger partial charge in [0.15, 0.2) is 0 Å². The number of alkyl carbamates (subject to hydrolysis) is 1. The Balaban J connectivity index is 2.06. The van der Waals surface area contributed by atoms with Crippen LogP contribution >= 0.6 is 11.8 Å². The van der Waals surface area contributed by atoms with Gasteiger partial charge >= 0.3 is 6.09 Å². The maximum atomic E-state index is 12.8. The van der Waals surface area contributed by atoms with Crippen molar-refractivity contribution < 1.29 is 19.4 Å². The second kappa shape index (κ2) is 7.08. The van der Waals surface area contributed by atoms with Crippen LogP contribution in [-0.2, 0) is 9.53 Å². The summed E-state index contributed by atoms with van der Waals surface area (Å²) in [6.45, 7) is 5.35. The molecule has 2 amide bonds. The van der Waals surface area contributed by atoms with E-state index >= 15 is 0 Å². The molecular formula is C15H26N2O4S. The van der Waals surface area contributed by atoms with Crippen LogP contribution in [0.5, 0.6) is 0 Å². The minimum Gasteiger partial charge on any atom is -0.444 e. The van der Waals surface area contributed by atoms with Crippen LogP contribution < -0.4 is 5.32 Å². The molecule has 1 unspecified atom stereocenters. The summed E-state index contributed by atoms with van der Waals surface area (Å²) in [5.41, 5.74) is -0.589. The molecule has 6 nitrogen and oxygen atoms in total. The van der Waals surface area contributed by atoms with E-state index in [4.69, 9.17) is 4.74 Å². The van der Waals surface area contributed by atoms with E-state index in [0.29, 0.717) is 6.42 Å². The number of nitrogens with one attached hydrogen (secondary N) is 1. The Morgan fingerprint density at radius 3 is 2.77 bits per heavy atom. The average Bonchev–Trinajstić information content (AvgIpc) is 2.57. The third kappa shape index (κ3) is 4.29. The number of hydrogen-bond donors (Lipinski definition) is 2. The second-order valence-corrected chi connectivity index (χ2v) is 8.11. The summed E-state index contributed by atoms with van der Waals surface area (Å²) in [5, 5.41) is 12.4. The number of carbonyl (C=O) groups excluding carboxylic acids is 2. The van der Waals surface area contributed by atoms with Gasteiger partial charge in [0, 0.05) is 0 Å². The van der Waals surface area contributed by atoms with Crippen LogP contribution in [0, 0.1) is 0 Å². The monoisotopic (exact) mass is 330 g/mol. The number of nitrogens with zero attached hydrogens (tertiary/aromatic N) is 1. The number of fused-ring (bicyclic) bond motifs is 1. The van der Waals surface area contributed by atoms with E-state index in [2.05, 4.69) is 5.32 Å². The summed E-state index contributed by atoms with van der Waals surface area (Å²) < 4.78 is 5.24. The van der Waals surface area contributed by atoms with Gasteiger partial charge in [-0.25, -0.2) is 4.79 Å². The van der Waals surface area contributed by atoms with Crippen molar-refractivity contribution in [3.8, 4) is 0 Å². The third-order valence-corrected chi connectivity index (χ3v) is 5.18. The molecule has 0 aromatic heterocycles. The van der Waals surface area contributed by atoms with Crippen LogP contribution in [0.2, 0.25) is 0 Å². The summed E-state index contributed by atoms with van der Waals surface area (Å²) >= 11 is 1.74. The summed E-state index contributed by atoms with van der Waals surface area (Å²) in [6.07, 6.45) is 2.82. The van der Waals surface area contributed by atoms with Crippen molar-refractivity contribution in [2.45, 2.75) is 69.5 Å². The Morgan fingerprint density at radius 1 is 1.41 bits per heavy atom.